The first-order valence-corrected chi connectivity index (χ1v) is 8.79. The summed E-state index contributed by atoms with van der Waals surface area (Å²) in [6, 6.07) is 7.55. The summed E-state index contributed by atoms with van der Waals surface area (Å²) in [6.45, 7) is 8.98. The number of benzene rings is 1. The third-order valence-electron chi connectivity index (χ3n) is 3.71. The van der Waals surface area contributed by atoms with E-state index in [-0.39, 0.29) is 18.0 Å². The number of aliphatic hydroxyl groups excluding tert-OH is 1. The van der Waals surface area contributed by atoms with E-state index < -0.39 is 6.10 Å². The summed E-state index contributed by atoms with van der Waals surface area (Å²) in [4.78, 5) is 16.9. The van der Waals surface area contributed by atoms with Crippen LogP contribution in [0.4, 0.5) is 4.79 Å². The molecule has 0 bridgehead atoms. The van der Waals surface area contributed by atoms with Crippen molar-refractivity contribution in [1.82, 2.24) is 15.6 Å². The van der Waals surface area contributed by atoms with Gasteiger partial charge in [0.05, 0.1) is 17.7 Å². The van der Waals surface area contributed by atoms with Crippen molar-refractivity contribution >= 4 is 17.4 Å². The van der Waals surface area contributed by atoms with Crippen LogP contribution in [0.25, 0.3) is 0 Å². The second-order valence-corrected chi connectivity index (χ2v) is 8.12. The second kappa shape index (κ2) is 7.77. The van der Waals surface area contributed by atoms with Crippen LogP contribution in [0.15, 0.2) is 30.5 Å². The summed E-state index contributed by atoms with van der Waals surface area (Å²) in [6.07, 6.45) is 1.03. The number of amides is 2. The van der Waals surface area contributed by atoms with E-state index in [2.05, 4.69) is 36.4 Å². The van der Waals surface area contributed by atoms with Gasteiger partial charge >= 0.3 is 6.03 Å². The number of aliphatic hydroxyl groups is 1. The predicted octanol–water partition coefficient (Wildman–Crippen LogP) is 3.28. The first-order valence-electron chi connectivity index (χ1n) is 7.97. The van der Waals surface area contributed by atoms with Crippen LogP contribution in [-0.2, 0) is 12.0 Å². The van der Waals surface area contributed by atoms with E-state index in [1.165, 1.54) is 5.56 Å². The van der Waals surface area contributed by atoms with Gasteiger partial charge in [0.25, 0.3) is 0 Å². The van der Waals surface area contributed by atoms with Crippen molar-refractivity contribution in [2.24, 2.45) is 0 Å². The number of hydrogen-bond donors (Lipinski definition) is 3. The molecule has 0 saturated heterocycles. The average Bonchev–Trinajstić information content (AvgIpc) is 2.95. The van der Waals surface area contributed by atoms with Gasteiger partial charge < -0.3 is 15.7 Å². The molecule has 0 saturated carbocycles. The van der Waals surface area contributed by atoms with E-state index in [4.69, 9.17) is 0 Å². The van der Waals surface area contributed by atoms with Crippen LogP contribution in [0.1, 0.15) is 47.9 Å². The van der Waals surface area contributed by atoms with Crippen molar-refractivity contribution in [3.63, 3.8) is 0 Å². The minimum absolute atomic E-state index is 0.0800. The van der Waals surface area contributed by atoms with Crippen LogP contribution in [-0.4, -0.2) is 22.7 Å². The van der Waals surface area contributed by atoms with Gasteiger partial charge in [0, 0.05) is 17.6 Å². The number of aromatic nitrogens is 1. The Bertz CT molecular complexity index is 674. The third-order valence-corrected chi connectivity index (χ3v) is 4.62. The van der Waals surface area contributed by atoms with E-state index >= 15 is 0 Å². The fraction of sp³-hybridized carbons (Fsp3) is 0.444. The van der Waals surface area contributed by atoms with Crippen molar-refractivity contribution in [3.05, 3.63) is 51.5 Å². The maximum atomic E-state index is 11.8. The van der Waals surface area contributed by atoms with E-state index in [1.807, 2.05) is 31.2 Å². The number of carbonyl (C=O) groups excluding carboxylic acids is 1. The van der Waals surface area contributed by atoms with E-state index in [0.29, 0.717) is 6.54 Å². The molecule has 6 heteroatoms. The molecule has 1 unspecified atom stereocenters. The fourth-order valence-corrected chi connectivity index (χ4v) is 2.96. The van der Waals surface area contributed by atoms with Gasteiger partial charge in [-0.05, 0) is 23.5 Å². The van der Waals surface area contributed by atoms with Gasteiger partial charge in [-0.15, -0.1) is 11.3 Å². The summed E-state index contributed by atoms with van der Waals surface area (Å²) in [5, 5.41) is 16.6. The lowest BCUT2D eigenvalue weighted by atomic mass is 9.86. The Morgan fingerprint density at radius 3 is 2.46 bits per heavy atom. The normalized spacial score (nSPS) is 12.7. The fourth-order valence-electron chi connectivity index (χ4n) is 2.23. The summed E-state index contributed by atoms with van der Waals surface area (Å²) < 4.78 is 0. The lowest BCUT2D eigenvalue weighted by Crippen LogP contribution is -2.37. The summed E-state index contributed by atoms with van der Waals surface area (Å²) >= 11 is 1.55. The van der Waals surface area contributed by atoms with Gasteiger partial charge in [0.15, 0.2) is 0 Å². The Hall–Kier alpha value is -1.92. The molecule has 0 radical (unpaired) electrons. The van der Waals surface area contributed by atoms with Crippen LogP contribution in [0.3, 0.4) is 0 Å². The monoisotopic (exact) mass is 347 g/mol. The van der Waals surface area contributed by atoms with Gasteiger partial charge in [0.2, 0.25) is 0 Å². The maximum Gasteiger partial charge on any atom is 0.315 e. The highest BCUT2D eigenvalue weighted by atomic mass is 32.1. The molecule has 2 aromatic rings. The highest BCUT2D eigenvalue weighted by Crippen LogP contribution is 2.23. The van der Waals surface area contributed by atoms with Crippen molar-refractivity contribution in [2.75, 3.05) is 6.54 Å². The largest absolute Gasteiger partial charge is 0.387 e. The van der Waals surface area contributed by atoms with Crippen LogP contribution in [0.2, 0.25) is 0 Å². The molecule has 1 heterocycles. The number of aryl methyl sites for hydroxylation is 1. The van der Waals surface area contributed by atoms with Crippen LogP contribution >= 0.6 is 11.3 Å². The molecule has 0 aliphatic rings. The number of hydrogen-bond acceptors (Lipinski definition) is 4. The summed E-state index contributed by atoms with van der Waals surface area (Å²) in [5.41, 5.74) is 2.08. The molecule has 3 N–H and O–H groups in total. The SMILES string of the molecule is Cc1ncc(CNC(=O)NCC(O)c2ccc(C(C)(C)C)cc2)s1. The lowest BCUT2D eigenvalue weighted by molar-refractivity contribution is 0.173. The highest BCUT2D eigenvalue weighted by Gasteiger charge is 2.15. The highest BCUT2D eigenvalue weighted by molar-refractivity contribution is 7.11. The first kappa shape index (κ1) is 18.4. The number of urea groups is 1. The zero-order chi connectivity index (χ0) is 17.7. The average molecular weight is 347 g/mol. The molecule has 130 valence electrons. The topological polar surface area (TPSA) is 74.2 Å². The van der Waals surface area contributed by atoms with E-state index in [1.54, 1.807) is 17.5 Å². The first-order chi connectivity index (χ1) is 11.3. The standard InChI is InChI=1S/C18H25N3O2S/c1-12-19-9-15(24-12)10-20-17(23)21-11-16(22)13-5-7-14(8-6-13)18(2,3)4/h5-9,16,22H,10-11H2,1-4H3,(H2,20,21,23). The minimum Gasteiger partial charge on any atom is -0.387 e. The number of nitrogens with zero attached hydrogens (tertiary/aromatic N) is 1. The molecular weight excluding hydrogens is 322 g/mol. The van der Waals surface area contributed by atoms with Gasteiger partial charge in [-0.25, -0.2) is 9.78 Å². The summed E-state index contributed by atoms with van der Waals surface area (Å²) in [7, 11) is 0. The van der Waals surface area contributed by atoms with Crippen molar-refractivity contribution in [2.45, 2.75) is 45.8 Å². The van der Waals surface area contributed by atoms with Crippen LogP contribution in [0, 0.1) is 6.92 Å². The smallest absolute Gasteiger partial charge is 0.315 e. The van der Waals surface area contributed by atoms with Gasteiger partial charge in [-0.3, -0.25) is 0 Å². The Balaban J connectivity index is 1.79. The molecule has 2 rings (SSSR count). The van der Waals surface area contributed by atoms with Crippen LogP contribution < -0.4 is 10.6 Å². The van der Waals surface area contributed by atoms with Crippen molar-refractivity contribution in [3.8, 4) is 0 Å². The molecule has 2 amide bonds. The summed E-state index contributed by atoms with van der Waals surface area (Å²) in [5.74, 6) is 0. The quantitative estimate of drug-likeness (QED) is 0.777. The molecule has 1 aromatic heterocycles. The van der Waals surface area contributed by atoms with E-state index in [9.17, 15) is 9.90 Å². The number of thiazole rings is 1. The molecular formula is C18H25N3O2S. The Kier molecular flexibility index (Phi) is 5.96. The molecule has 5 nitrogen and oxygen atoms in total. The molecule has 1 aromatic carbocycles. The lowest BCUT2D eigenvalue weighted by Gasteiger charge is -2.20. The maximum absolute atomic E-state index is 11.8. The minimum atomic E-state index is -0.726. The zero-order valence-corrected chi connectivity index (χ0v) is 15.4. The van der Waals surface area contributed by atoms with Gasteiger partial charge in [-0.2, -0.15) is 0 Å². The predicted molar refractivity (Wildman–Crippen MR) is 97.2 cm³/mol. The molecule has 24 heavy (non-hydrogen) atoms. The van der Waals surface area contributed by atoms with Gasteiger partial charge in [-0.1, -0.05) is 45.0 Å². The molecule has 0 aliphatic carbocycles. The molecule has 0 spiro atoms. The van der Waals surface area contributed by atoms with Crippen molar-refractivity contribution in [1.29, 1.82) is 0 Å². The van der Waals surface area contributed by atoms with Crippen molar-refractivity contribution < 1.29 is 9.90 Å². The zero-order valence-electron chi connectivity index (χ0n) is 14.6. The van der Waals surface area contributed by atoms with Crippen LogP contribution in [0.5, 0.6) is 0 Å². The second-order valence-electron chi connectivity index (χ2n) is 6.80. The number of rotatable bonds is 5. The molecule has 1 atom stereocenters. The van der Waals surface area contributed by atoms with Gasteiger partial charge in [0.1, 0.15) is 0 Å². The number of nitrogens with one attached hydrogen (secondary N) is 2. The Labute approximate surface area is 147 Å². The Morgan fingerprint density at radius 2 is 1.92 bits per heavy atom. The third kappa shape index (κ3) is 5.32. The van der Waals surface area contributed by atoms with E-state index in [0.717, 1.165) is 15.4 Å². The molecule has 0 fully saturated rings. The Morgan fingerprint density at radius 1 is 1.25 bits per heavy atom. The molecule has 0 aliphatic heterocycles. The number of carbonyl (C=O) groups is 1.